The highest BCUT2D eigenvalue weighted by atomic mass is 35.5. The first kappa shape index (κ1) is 24.2. The number of aromatic nitrogens is 1. The highest BCUT2D eigenvalue weighted by Crippen LogP contribution is 2.28. The molecule has 36 heavy (non-hydrogen) atoms. The van der Waals surface area contributed by atoms with Crippen LogP contribution in [0.3, 0.4) is 0 Å². The van der Waals surface area contributed by atoms with Crippen LogP contribution in [0.1, 0.15) is 33.3 Å². The smallest absolute Gasteiger partial charge is 0.255 e. The molecule has 5 aromatic rings. The topological polar surface area (TPSA) is 33.2 Å². The summed E-state index contributed by atoms with van der Waals surface area (Å²) in [5.41, 5.74) is 5.51. The largest absolute Gasteiger partial charge is 0.331 e. The fraction of sp³-hybridized carbons (Fsp3) is 0.161. The van der Waals surface area contributed by atoms with Gasteiger partial charge < -0.3 is 4.90 Å². The summed E-state index contributed by atoms with van der Waals surface area (Å²) in [5, 5.41) is 3.63. The number of benzene rings is 3. The zero-order chi connectivity index (χ0) is 25.1. The van der Waals surface area contributed by atoms with Gasteiger partial charge in [-0.05, 0) is 55.1 Å². The Bertz CT molecular complexity index is 1480. The van der Waals surface area contributed by atoms with Crippen molar-refractivity contribution in [2.24, 2.45) is 0 Å². The summed E-state index contributed by atoms with van der Waals surface area (Å²) in [6.07, 6.45) is 0.796. The molecule has 0 aliphatic carbocycles. The van der Waals surface area contributed by atoms with Crippen LogP contribution in [-0.4, -0.2) is 21.8 Å². The van der Waals surface area contributed by atoms with Gasteiger partial charge in [-0.3, -0.25) is 4.79 Å². The Morgan fingerprint density at radius 3 is 2.44 bits per heavy atom. The molecule has 1 atom stereocenters. The molecule has 0 saturated carbocycles. The van der Waals surface area contributed by atoms with Gasteiger partial charge in [0.05, 0.1) is 16.8 Å². The van der Waals surface area contributed by atoms with Crippen molar-refractivity contribution in [3.63, 3.8) is 0 Å². The molecule has 180 valence electrons. The second-order valence-corrected chi connectivity index (χ2v) is 10.6. The van der Waals surface area contributed by atoms with E-state index in [1.54, 1.807) is 11.3 Å². The second kappa shape index (κ2) is 10.7. The number of fused-ring (bicyclic) bond motifs is 1. The lowest BCUT2D eigenvalue weighted by molar-refractivity contribution is 0.0678. The van der Waals surface area contributed by atoms with Crippen molar-refractivity contribution >= 4 is 39.7 Å². The molecule has 0 radical (unpaired) electrons. The van der Waals surface area contributed by atoms with Crippen LogP contribution >= 0.6 is 22.9 Å². The van der Waals surface area contributed by atoms with Crippen LogP contribution < -0.4 is 0 Å². The van der Waals surface area contributed by atoms with Crippen LogP contribution in [0.15, 0.2) is 96.4 Å². The minimum atomic E-state index is 0.000896. The van der Waals surface area contributed by atoms with Crippen molar-refractivity contribution in [3.8, 4) is 11.3 Å². The first-order chi connectivity index (χ1) is 17.5. The maximum atomic E-state index is 14.3. The van der Waals surface area contributed by atoms with Gasteiger partial charge >= 0.3 is 0 Å². The van der Waals surface area contributed by atoms with Gasteiger partial charge in [-0.1, -0.05) is 77.8 Å². The van der Waals surface area contributed by atoms with Gasteiger partial charge in [0.25, 0.3) is 5.91 Å². The standard InChI is InChI=1S/C31H27ClN2OS/c1-21-9-13-24(14-10-21)30-19-28(27-7-3-4-8-29(27)33-30)31(35)34(20-23-11-15-25(32)16-12-23)22(2)18-26-6-5-17-36-26/h3-17,19,22H,18,20H2,1-2H3. The van der Waals surface area contributed by atoms with Gasteiger partial charge in [0.15, 0.2) is 0 Å². The van der Waals surface area contributed by atoms with E-state index in [0.717, 1.165) is 34.1 Å². The van der Waals surface area contributed by atoms with E-state index in [1.807, 2.05) is 59.5 Å². The molecular weight excluding hydrogens is 484 g/mol. The number of halogens is 1. The number of carbonyl (C=O) groups excluding carboxylic acids is 1. The Kier molecular flexibility index (Phi) is 7.17. The molecule has 0 N–H and O–H groups in total. The summed E-state index contributed by atoms with van der Waals surface area (Å²) in [5.74, 6) is 0.000896. The Balaban J connectivity index is 1.58. The molecule has 0 fully saturated rings. The normalized spacial score (nSPS) is 12.0. The molecule has 1 amide bonds. The quantitative estimate of drug-likeness (QED) is 0.221. The Hall–Kier alpha value is -3.47. The minimum Gasteiger partial charge on any atom is -0.331 e. The molecule has 0 bridgehead atoms. The number of pyridine rings is 1. The molecule has 0 spiro atoms. The van der Waals surface area contributed by atoms with Crippen molar-refractivity contribution in [2.45, 2.75) is 32.9 Å². The van der Waals surface area contributed by atoms with Gasteiger partial charge in [-0.15, -0.1) is 11.3 Å². The number of thiophene rings is 1. The number of amides is 1. The molecule has 2 heterocycles. The van der Waals surface area contributed by atoms with E-state index < -0.39 is 0 Å². The van der Waals surface area contributed by atoms with E-state index in [9.17, 15) is 4.79 Å². The van der Waals surface area contributed by atoms with Crippen LogP contribution in [0.2, 0.25) is 5.02 Å². The number of nitrogens with zero attached hydrogens (tertiary/aromatic N) is 2. The van der Waals surface area contributed by atoms with Gasteiger partial charge in [-0.2, -0.15) is 0 Å². The molecule has 3 nitrogen and oxygen atoms in total. The predicted octanol–water partition coefficient (Wildman–Crippen LogP) is 8.20. The zero-order valence-electron chi connectivity index (χ0n) is 20.3. The van der Waals surface area contributed by atoms with Gasteiger partial charge in [0, 0.05) is 39.9 Å². The molecule has 3 aromatic carbocycles. The second-order valence-electron chi connectivity index (χ2n) is 9.13. The summed E-state index contributed by atoms with van der Waals surface area (Å²) in [6.45, 7) is 4.69. The predicted molar refractivity (Wildman–Crippen MR) is 151 cm³/mol. The van der Waals surface area contributed by atoms with Gasteiger partial charge in [0.1, 0.15) is 0 Å². The van der Waals surface area contributed by atoms with Crippen LogP contribution in [0, 0.1) is 6.92 Å². The van der Waals surface area contributed by atoms with Crippen molar-refractivity contribution in [1.29, 1.82) is 0 Å². The summed E-state index contributed by atoms with van der Waals surface area (Å²) in [6, 6.07) is 30.0. The van der Waals surface area contributed by atoms with E-state index >= 15 is 0 Å². The number of hydrogen-bond acceptors (Lipinski definition) is 3. The van der Waals surface area contributed by atoms with Crippen molar-refractivity contribution in [2.75, 3.05) is 0 Å². The van der Waals surface area contributed by atoms with E-state index in [1.165, 1.54) is 10.4 Å². The maximum Gasteiger partial charge on any atom is 0.255 e. The highest BCUT2D eigenvalue weighted by molar-refractivity contribution is 7.09. The summed E-state index contributed by atoms with van der Waals surface area (Å²) in [4.78, 5) is 22.4. The lowest BCUT2D eigenvalue weighted by Crippen LogP contribution is -2.39. The number of carbonyl (C=O) groups is 1. The summed E-state index contributed by atoms with van der Waals surface area (Å²) < 4.78 is 0. The van der Waals surface area contributed by atoms with Gasteiger partial charge in [0.2, 0.25) is 0 Å². The molecular formula is C31H27ClN2OS. The number of hydrogen-bond donors (Lipinski definition) is 0. The first-order valence-corrected chi connectivity index (χ1v) is 13.3. The van der Waals surface area contributed by atoms with E-state index in [4.69, 9.17) is 16.6 Å². The molecule has 0 saturated heterocycles. The fourth-order valence-corrected chi connectivity index (χ4v) is 5.38. The zero-order valence-corrected chi connectivity index (χ0v) is 21.9. The van der Waals surface area contributed by atoms with Crippen molar-refractivity contribution in [1.82, 2.24) is 9.88 Å². The molecule has 0 aliphatic rings. The van der Waals surface area contributed by atoms with Crippen LogP contribution in [0.25, 0.3) is 22.2 Å². The van der Waals surface area contributed by atoms with E-state index in [-0.39, 0.29) is 11.9 Å². The maximum absolute atomic E-state index is 14.3. The Morgan fingerprint density at radius 2 is 1.72 bits per heavy atom. The van der Waals surface area contributed by atoms with E-state index in [0.29, 0.717) is 17.1 Å². The third-order valence-corrected chi connectivity index (χ3v) is 7.58. The average Bonchev–Trinajstić information content (AvgIpc) is 3.40. The van der Waals surface area contributed by atoms with Gasteiger partial charge in [-0.25, -0.2) is 4.98 Å². The molecule has 5 heteroatoms. The Morgan fingerprint density at radius 1 is 0.972 bits per heavy atom. The number of para-hydroxylation sites is 1. The third-order valence-electron chi connectivity index (χ3n) is 6.43. The van der Waals surface area contributed by atoms with Crippen LogP contribution in [0.4, 0.5) is 0 Å². The van der Waals surface area contributed by atoms with Crippen LogP contribution in [0.5, 0.6) is 0 Å². The van der Waals surface area contributed by atoms with Crippen molar-refractivity contribution < 1.29 is 4.79 Å². The number of rotatable bonds is 7. The minimum absolute atomic E-state index is 0.000896. The van der Waals surface area contributed by atoms with E-state index in [2.05, 4.69) is 55.6 Å². The SMILES string of the molecule is Cc1ccc(-c2cc(C(=O)N(Cc3ccc(Cl)cc3)C(C)Cc3cccs3)c3ccccc3n2)cc1. The highest BCUT2D eigenvalue weighted by Gasteiger charge is 2.25. The lowest BCUT2D eigenvalue weighted by Gasteiger charge is -2.30. The van der Waals surface area contributed by atoms with Crippen molar-refractivity contribution in [3.05, 3.63) is 123 Å². The monoisotopic (exact) mass is 510 g/mol. The molecule has 0 aliphatic heterocycles. The molecule has 1 unspecified atom stereocenters. The molecule has 5 rings (SSSR count). The fourth-order valence-electron chi connectivity index (χ4n) is 4.42. The summed E-state index contributed by atoms with van der Waals surface area (Å²) >= 11 is 7.85. The third kappa shape index (κ3) is 5.35. The first-order valence-electron chi connectivity index (χ1n) is 12.0. The lowest BCUT2D eigenvalue weighted by atomic mass is 10.0. The molecule has 2 aromatic heterocycles. The Labute approximate surface area is 221 Å². The van der Waals surface area contributed by atoms with Crippen LogP contribution in [-0.2, 0) is 13.0 Å². The summed E-state index contributed by atoms with van der Waals surface area (Å²) in [7, 11) is 0. The number of aryl methyl sites for hydroxylation is 1. The average molecular weight is 511 g/mol.